The summed E-state index contributed by atoms with van der Waals surface area (Å²) < 4.78 is 5.29. The molecule has 1 amide bonds. The molecule has 0 radical (unpaired) electrons. The van der Waals surface area contributed by atoms with Gasteiger partial charge < -0.3 is 15.2 Å². The summed E-state index contributed by atoms with van der Waals surface area (Å²) >= 11 is 1.56. The van der Waals surface area contributed by atoms with Gasteiger partial charge in [0.25, 0.3) is 5.91 Å². The second kappa shape index (κ2) is 8.41. The Kier molecular flexibility index (Phi) is 6.54. The second-order valence-corrected chi connectivity index (χ2v) is 6.11. The van der Waals surface area contributed by atoms with Crippen molar-refractivity contribution in [3.05, 3.63) is 29.8 Å². The number of aliphatic hydroxyl groups excluding tert-OH is 1. The number of hydrogen-bond donors (Lipinski definition) is 2. The lowest BCUT2D eigenvalue weighted by atomic mass is 9.92. The van der Waals surface area contributed by atoms with Crippen LogP contribution in [0.2, 0.25) is 0 Å². The van der Waals surface area contributed by atoms with E-state index >= 15 is 0 Å². The molecule has 1 aromatic carbocycles. The molecule has 0 spiro atoms. The molecule has 1 unspecified atom stereocenters. The zero-order valence-electron chi connectivity index (χ0n) is 12.4. The van der Waals surface area contributed by atoms with Crippen molar-refractivity contribution in [2.45, 2.75) is 30.3 Å². The van der Waals surface area contributed by atoms with Gasteiger partial charge in [0.15, 0.2) is 0 Å². The number of benzene rings is 1. The highest BCUT2D eigenvalue weighted by atomic mass is 32.2. The molecule has 1 aliphatic rings. The Balaban J connectivity index is 1.78. The predicted molar refractivity (Wildman–Crippen MR) is 84.7 cm³/mol. The Bertz CT molecular complexity index is 461. The second-order valence-electron chi connectivity index (χ2n) is 5.26. The SMILES string of the molecule is CSc1ccccc1C(=O)NCCC(O)C1CCOCC1. The molecule has 0 saturated carbocycles. The molecule has 1 heterocycles. The normalized spacial score (nSPS) is 17.4. The molecule has 1 aromatic rings. The third kappa shape index (κ3) is 4.73. The minimum Gasteiger partial charge on any atom is -0.393 e. The molecule has 1 aliphatic heterocycles. The lowest BCUT2D eigenvalue weighted by Crippen LogP contribution is -2.32. The fourth-order valence-corrected chi connectivity index (χ4v) is 3.19. The summed E-state index contributed by atoms with van der Waals surface area (Å²) in [7, 11) is 0. The topological polar surface area (TPSA) is 58.6 Å². The Hall–Kier alpha value is -1.04. The van der Waals surface area contributed by atoms with Gasteiger partial charge in [-0.1, -0.05) is 12.1 Å². The van der Waals surface area contributed by atoms with Gasteiger partial charge in [-0.05, 0) is 43.6 Å². The average molecular weight is 309 g/mol. The first-order chi connectivity index (χ1) is 10.2. The Labute approximate surface area is 130 Å². The van der Waals surface area contributed by atoms with Crippen LogP contribution in [0.5, 0.6) is 0 Å². The van der Waals surface area contributed by atoms with Crippen molar-refractivity contribution >= 4 is 17.7 Å². The minimum atomic E-state index is -0.356. The van der Waals surface area contributed by atoms with Crippen molar-refractivity contribution in [1.29, 1.82) is 0 Å². The summed E-state index contributed by atoms with van der Waals surface area (Å²) in [5.41, 5.74) is 0.700. The molecule has 1 saturated heterocycles. The van der Waals surface area contributed by atoms with E-state index in [0.29, 0.717) is 24.4 Å². The van der Waals surface area contributed by atoms with E-state index in [-0.39, 0.29) is 12.0 Å². The summed E-state index contributed by atoms with van der Waals surface area (Å²) in [6.45, 7) is 1.96. The molecule has 0 bridgehead atoms. The van der Waals surface area contributed by atoms with E-state index in [1.807, 2.05) is 30.5 Å². The highest BCUT2D eigenvalue weighted by Crippen LogP contribution is 2.21. The summed E-state index contributed by atoms with van der Waals surface area (Å²) in [6, 6.07) is 7.57. The molecule has 21 heavy (non-hydrogen) atoms. The van der Waals surface area contributed by atoms with E-state index in [1.165, 1.54) is 0 Å². The molecule has 4 nitrogen and oxygen atoms in total. The minimum absolute atomic E-state index is 0.0703. The lowest BCUT2D eigenvalue weighted by molar-refractivity contribution is 0.00527. The summed E-state index contributed by atoms with van der Waals surface area (Å²) in [6.07, 6.45) is 4.01. The maximum atomic E-state index is 12.2. The fraction of sp³-hybridized carbons (Fsp3) is 0.562. The molecule has 116 valence electrons. The highest BCUT2D eigenvalue weighted by Gasteiger charge is 2.22. The monoisotopic (exact) mass is 309 g/mol. The van der Waals surface area contributed by atoms with E-state index in [0.717, 1.165) is 31.0 Å². The summed E-state index contributed by atoms with van der Waals surface area (Å²) in [4.78, 5) is 13.1. The number of ether oxygens (including phenoxy) is 1. The molecular weight excluding hydrogens is 286 g/mol. The van der Waals surface area contributed by atoms with Gasteiger partial charge >= 0.3 is 0 Å². The molecule has 1 atom stereocenters. The Morgan fingerprint density at radius 3 is 2.86 bits per heavy atom. The number of carbonyl (C=O) groups excluding carboxylic acids is 1. The van der Waals surface area contributed by atoms with Crippen LogP contribution in [0.25, 0.3) is 0 Å². The van der Waals surface area contributed by atoms with Crippen molar-refractivity contribution in [3.63, 3.8) is 0 Å². The first kappa shape index (κ1) is 16.3. The number of hydrogen-bond acceptors (Lipinski definition) is 4. The number of amides is 1. The van der Waals surface area contributed by atoms with Gasteiger partial charge in [-0.25, -0.2) is 0 Å². The maximum Gasteiger partial charge on any atom is 0.252 e. The first-order valence-electron chi connectivity index (χ1n) is 7.39. The highest BCUT2D eigenvalue weighted by molar-refractivity contribution is 7.98. The molecule has 0 aliphatic carbocycles. The largest absolute Gasteiger partial charge is 0.393 e. The maximum absolute atomic E-state index is 12.2. The molecule has 0 aromatic heterocycles. The average Bonchev–Trinajstić information content (AvgIpc) is 2.55. The van der Waals surface area contributed by atoms with Crippen LogP contribution in [-0.2, 0) is 4.74 Å². The smallest absolute Gasteiger partial charge is 0.252 e. The van der Waals surface area contributed by atoms with Gasteiger partial charge in [0.2, 0.25) is 0 Å². The van der Waals surface area contributed by atoms with Crippen LogP contribution in [0.15, 0.2) is 29.2 Å². The molecular formula is C16H23NO3S. The van der Waals surface area contributed by atoms with E-state index < -0.39 is 0 Å². The number of rotatable bonds is 6. The Morgan fingerprint density at radius 2 is 2.14 bits per heavy atom. The van der Waals surface area contributed by atoms with Crippen LogP contribution >= 0.6 is 11.8 Å². The first-order valence-corrected chi connectivity index (χ1v) is 8.62. The van der Waals surface area contributed by atoms with Crippen LogP contribution in [0.1, 0.15) is 29.6 Å². The van der Waals surface area contributed by atoms with Crippen LogP contribution in [0.3, 0.4) is 0 Å². The van der Waals surface area contributed by atoms with Crippen molar-refractivity contribution in [2.24, 2.45) is 5.92 Å². The van der Waals surface area contributed by atoms with Gasteiger partial charge in [-0.2, -0.15) is 0 Å². The zero-order chi connectivity index (χ0) is 15.1. The fourth-order valence-electron chi connectivity index (χ4n) is 2.60. The van der Waals surface area contributed by atoms with Crippen molar-refractivity contribution in [2.75, 3.05) is 26.0 Å². The molecule has 5 heteroatoms. The van der Waals surface area contributed by atoms with E-state index in [4.69, 9.17) is 4.74 Å². The van der Waals surface area contributed by atoms with Crippen LogP contribution in [-0.4, -0.2) is 43.1 Å². The molecule has 2 rings (SSSR count). The van der Waals surface area contributed by atoms with Crippen molar-refractivity contribution < 1.29 is 14.6 Å². The molecule has 2 N–H and O–H groups in total. The number of carbonyl (C=O) groups is 1. The van der Waals surface area contributed by atoms with E-state index in [1.54, 1.807) is 11.8 Å². The van der Waals surface area contributed by atoms with Gasteiger partial charge in [0.1, 0.15) is 0 Å². The van der Waals surface area contributed by atoms with Crippen molar-refractivity contribution in [3.8, 4) is 0 Å². The van der Waals surface area contributed by atoms with Crippen LogP contribution in [0, 0.1) is 5.92 Å². The van der Waals surface area contributed by atoms with E-state index in [2.05, 4.69) is 5.32 Å². The van der Waals surface area contributed by atoms with Crippen LogP contribution < -0.4 is 5.32 Å². The van der Waals surface area contributed by atoms with Crippen LogP contribution in [0.4, 0.5) is 0 Å². The lowest BCUT2D eigenvalue weighted by Gasteiger charge is -2.26. The molecule has 1 fully saturated rings. The quantitative estimate of drug-likeness (QED) is 0.792. The van der Waals surface area contributed by atoms with Gasteiger partial charge in [-0.15, -0.1) is 11.8 Å². The standard InChI is InChI=1S/C16H23NO3S/c1-21-15-5-3-2-4-13(15)16(19)17-9-6-14(18)12-7-10-20-11-8-12/h2-5,12,14,18H,6-11H2,1H3,(H,17,19). The van der Waals surface area contributed by atoms with E-state index in [9.17, 15) is 9.90 Å². The van der Waals surface area contributed by atoms with Gasteiger partial charge in [0.05, 0.1) is 11.7 Å². The van der Waals surface area contributed by atoms with Gasteiger partial charge in [-0.3, -0.25) is 4.79 Å². The number of nitrogens with one attached hydrogen (secondary N) is 1. The third-order valence-corrected chi connectivity index (χ3v) is 4.68. The number of thioether (sulfide) groups is 1. The van der Waals surface area contributed by atoms with Gasteiger partial charge in [0, 0.05) is 24.7 Å². The Morgan fingerprint density at radius 1 is 1.43 bits per heavy atom. The van der Waals surface area contributed by atoms with Crippen molar-refractivity contribution in [1.82, 2.24) is 5.32 Å². The number of aliphatic hydroxyl groups is 1. The summed E-state index contributed by atoms with van der Waals surface area (Å²) in [5, 5.41) is 13.0. The predicted octanol–water partition coefficient (Wildman–Crippen LogP) is 2.32. The third-order valence-electron chi connectivity index (χ3n) is 3.89. The zero-order valence-corrected chi connectivity index (χ0v) is 13.2. The summed E-state index contributed by atoms with van der Waals surface area (Å²) in [5.74, 6) is 0.230.